The van der Waals surface area contributed by atoms with Crippen LogP contribution in [0.5, 0.6) is 11.9 Å². The predicted molar refractivity (Wildman–Crippen MR) is 173 cm³/mol. The molecule has 0 aromatic carbocycles. The summed E-state index contributed by atoms with van der Waals surface area (Å²) in [5, 5.41) is 6.38. The molecule has 2 saturated heterocycles. The van der Waals surface area contributed by atoms with Crippen LogP contribution < -0.4 is 25.8 Å². The Balaban J connectivity index is 0.000000439. The van der Waals surface area contributed by atoms with Crippen LogP contribution in [-0.2, 0) is 4.74 Å². The van der Waals surface area contributed by atoms with Crippen molar-refractivity contribution in [2.45, 2.75) is 65.3 Å². The second kappa shape index (κ2) is 17.6. The number of allylic oxidation sites excluding steroid dienone is 3. The van der Waals surface area contributed by atoms with Gasteiger partial charge >= 0.3 is 12.2 Å². The molecule has 2 unspecified atom stereocenters. The summed E-state index contributed by atoms with van der Waals surface area (Å²) in [6, 6.07) is 0.604. The fourth-order valence-corrected chi connectivity index (χ4v) is 5.24. The number of halogens is 5. The zero-order valence-electron chi connectivity index (χ0n) is 26.9. The highest BCUT2D eigenvalue weighted by atomic mass is 35.5. The van der Waals surface area contributed by atoms with Crippen LogP contribution in [-0.4, -0.2) is 91.2 Å². The maximum Gasteiger partial charge on any atom is 0.416 e. The number of hydrogen-bond donors (Lipinski definition) is 3. The maximum atomic E-state index is 15.6. The number of alkyl halides is 3. The molecule has 0 amide bonds. The molecule has 0 bridgehead atoms. The number of fused-ring (bicyclic) bond motifs is 1. The molecule has 0 spiro atoms. The molecule has 2 atom stereocenters. The van der Waals surface area contributed by atoms with Gasteiger partial charge in [-0.25, -0.2) is 9.37 Å². The molecule has 2 aromatic heterocycles. The smallest absolute Gasteiger partial charge is 0.416 e. The van der Waals surface area contributed by atoms with E-state index in [-0.39, 0.29) is 46.0 Å². The molecule has 46 heavy (non-hydrogen) atoms. The normalized spacial score (nSPS) is 21.4. The molecule has 15 heteroatoms. The number of methoxy groups -OCH3 is 1. The average molecular weight is 674 g/mol. The Morgan fingerprint density at radius 3 is 2.57 bits per heavy atom. The molecule has 0 saturated carbocycles. The van der Waals surface area contributed by atoms with E-state index >= 15 is 4.39 Å². The van der Waals surface area contributed by atoms with Crippen LogP contribution in [0.3, 0.4) is 0 Å². The van der Waals surface area contributed by atoms with Crippen LogP contribution in [0.2, 0.25) is 0 Å². The second-order valence-electron chi connectivity index (χ2n) is 10.7. The lowest BCUT2D eigenvalue weighted by Crippen LogP contribution is -2.40. The number of aromatic nitrogens is 3. The molecule has 5 rings (SSSR count). The zero-order valence-corrected chi connectivity index (χ0v) is 27.7. The van der Waals surface area contributed by atoms with Crippen LogP contribution in [0, 0.1) is 5.82 Å². The molecule has 2 fully saturated rings. The standard InChI is InChI=1S/C22H25ClF4N6O2.C7H13NO.C2H6/c1-11(8-13(28)10-23)14(22(25,26)27)9-15-17(24)18-16-19(33-21(32-18)34-3)30-7-6-29-5-4-12(2)35-20(16)31-15;1-2-7-6-9-5-4-8(7)3-1;1-2/h8-10,12,29H,4-7,28H2,1-3H3,(H,30,32,33);7H,1-6H2;1-2H3/b11-8-,13-10-,14-9-;;. The Kier molecular flexibility index (Phi) is 14.3. The number of ether oxygens (including phenoxy) is 3. The third-order valence-electron chi connectivity index (χ3n) is 7.43. The number of nitrogens with zero attached hydrogens (tertiary/aromatic N) is 4. The minimum Gasteiger partial charge on any atom is -0.474 e. The first-order chi connectivity index (χ1) is 22.0. The third-order valence-corrected chi connectivity index (χ3v) is 7.68. The highest BCUT2D eigenvalue weighted by molar-refractivity contribution is 6.25. The first-order valence-corrected chi connectivity index (χ1v) is 15.9. The number of anilines is 1. The van der Waals surface area contributed by atoms with Gasteiger partial charge in [0.1, 0.15) is 22.4 Å². The number of pyridine rings is 1. The van der Waals surface area contributed by atoms with Crippen LogP contribution in [0.1, 0.15) is 52.7 Å². The van der Waals surface area contributed by atoms with Crippen molar-refractivity contribution >= 4 is 34.4 Å². The number of rotatable bonds is 4. The van der Waals surface area contributed by atoms with E-state index in [0.717, 1.165) is 30.9 Å². The summed E-state index contributed by atoms with van der Waals surface area (Å²) in [7, 11) is 1.30. The lowest BCUT2D eigenvalue weighted by Gasteiger charge is -2.28. The van der Waals surface area contributed by atoms with E-state index in [1.807, 2.05) is 13.8 Å². The fraction of sp³-hybridized carbons (Fsp3) is 0.581. The van der Waals surface area contributed by atoms with E-state index in [2.05, 4.69) is 30.5 Å². The van der Waals surface area contributed by atoms with Crippen molar-refractivity contribution in [3.63, 3.8) is 0 Å². The van der Waals surface area contributed by atoms with Crippen molar-refractivity contribution in [2.24, 2.45) is 5.73 Å². The van der Waals surface area contributed by atoms with Gasteiger partial charge in [-0.3, -0.25) is 4.90 Å². The van der Waals surface area contributed by atoms with Gasteiger partial charge in [-0.05, 0) is 63.9 Å². The quantitative estimate of drug-likeness (QED) is 0.272. The summed E-state index contributed by atoms with van der Waals surface area (Å²) in [6.45, 7) is 13.0. The minimum atomic E-state index is -4.84. The van der Waals surface area contributed by atoms with Crippen molar-refractivity contribution in [1.29, 1.82) is 0 Å². The van der Waals surface area contributed by atoms with Crippen molar-refractivity contribution in [1.82, 2.24) is 25.2 Å². The van der Waals surface area contributed by atoms with Crippen molar-refractivity contribution < 1.29 is 31.8 Å². The average Bonchev–Trinajstić information content (AvgIpc) is 3.51. The van der Waals surface area contributed by atoms with Gasteiger partial charge in [0.15, 0.2) is 5.82 Å². The van der Waals surface area contributed by atoms with Crippen LogP contribution in [0.25, 0.3) is 17.0 Å². The van der Waals surface area contributed by atoms with Crippen LogP contribution in [0.4, 0.5) is 23.4 Å². The van der Waals surface area contributed by atoms with E-state index in [9.17, 15) is 13.2 Å². The van der Waals surface area contributed by atoms with E-state index in [1.165, 1.54) is 40.0 Å². The minimum absolute atomic E-state index is 0.101. The van der Waals surface area contributed by atoms with Gasteiger partial charge in [-0.2, -0.15) is 23.1 Å². The van der Waals surface area contributed by atoms with Gasteiger partial charge in [-0.15, -0.1) is 0 Å². The Morgan fingerprint density at radius 2 is 1.89 bits per heavy atom. The molecule has 0 radical (unpaired) electrons. The lowest BCUT2D eigenvalue weighted by molar-refractivity contribution is -0.0884. The predicted octanol–water partition coefficient (Wildman–Crippen LogP) is 5.78. The Labute approximate surface area is 272 Å². The Morgan fingerprint density at radius 1 is 1.13 bits per heavy atom. The molecule has 256 valence electrons. The first-order valence-electron chi connectivity index (χ1n) is 15.4. The fourth-order valence-electron chi connectivity index (χ4n) is 5.18. The molecule has 2 aromatic rings. The summed E-state index contributed by atoms with van der Waals surface area (Å²) in [5.41, 5.74) is 4.02. The van der Waals surface area contributed by atoms with Crippen molar-refractivity contribution in [3.8, 4) is 11.9 Å². The van der Waals surface area contributed by atoms with Gasteiger partial charge in [-0.1, -0.05) is 25.4 Å². The van der Waals surface area contributed by atoms with Gasteiger partial charge in [0, 0.05) is 36.9 Å². The van der Waals surface area contributed by atoms with E-state index in [4.69, 9.17) is 31.5 Å². The first kappa shape index (κ1) is 37.3. The number of nitrogens with one attached hydrogen (secondary N) is 2. The molecule has 0 aliphatic carbocycles. The van der Waals surface area contributed by atoms with E-state index < -0.39 is 23.3 Å². The second-order valence-corrected chi connectivity index (χ2v) is 10.9. The van der Waals surface area contributed by atoms with E-state index in [1.54, 1.807) is 6.92 Å². The SMILES string of the molecule is C1CC2COCCN2C1.CC.COc1nc2c3c(nc(/C=C(/C(C)=C\C(N)=C\Cl)C(F)(F)F)c(F)c3n1)OC(C)CCNCCN2. The highest BCUT2D eigenvalue weighted by Crippen LogP contribution is 2.37. The van der Waals surface area contributed by atoms with Crippen molar-refractivity contribution in [3.05, 3.63) is 40.0 Å². The molecule has 3 aliphatic heterocycles. The van der Waals surface area contributed by atoms with E-state index in [0.29, 0.717) is 32.1 Å². The molecule has 10 nitrogen and oxygen atoms in total. The van der Waals surface area contributed by atoms with Crippen LogP contribution in [0.15, 0.2) is 28.5 Å². The van der Waals surface area contributed by atoms with Gasteiger partial charge < -0.3 is 30.6 Å². The molecule has 3 aliphatic rings. The maximum absolute atomic E-state index is 15.6. The van der Waals surface area contributed by atoms with Crippen LogP contribution >= 0.6 is 11.6 Å². The largest absolute Gasteiger partial charge is 0.474 e. The van der Waals surface area contributed by atoms with Gasteiger partial charge in [0.2, 0.25) is 5.88 Å². The Hall–Kier alpha value is -3.20. The molecule has 4 N–H and O–H groups in total. The van der Waals surface area contributed by atoms with Gasteiger partial charge in [0.25, 0.3) is 0 Å². The summed E-state index contributed by atoms with van der Waals surface area (Å²) in [5.74, 6) is -1.01. The summed E-state index contributed by atoms with van der Waals surface area (Å²) < 4.78 is 73.7. The summed E-state index contributed by atoms with van der Waals surface area (Å²) in [6.07, 6.45) is -0.288. The molecule has 5 heterocycles. The Bertz CT molecular complexity index is 1390. The third kappa shape index (κ3) is 9.90. The molecular weight excluding hydrogens is 630 g/mol. The monoisotopic (exact) mass is 673 g/mol. The lowest BCUT2D eigenvalue weighted by atomic mass is 10.0. The highest BCUT2D eigenvalue weighted by Gasteiger charge is 2.35. The number of nitrogens with two attached hydrogens (primary N) is 1. The zero-order chi connectivity index (χ0) is 33.9. The van der Waals surface area contributed by atoms with Crippen molar-refractivity contribution in [2.75, 3.05) is 58.4 Å². The topological polar surface area (TPSA) is 120 Å². The number of morpholine rings is 1. The van der Waals surface area contributed by atoms with Gasteiger partial charge in [0.05, 0.1) is 32.0 Å². The molecular formula is C31H44ClF4N7O3. The summed E-state index contributed by atoms with van der Waals surface area (Å²) in [4.78, 5) is 14.9. The summed E-state index contributed by atoms with van der Waals surface area (Å²) >= 11 is 5.48. The number of hydrogen-bond acceptors (Lipinski definition) is 10.